The van der Waals surface area contributed by atoms with Crippen LogP contribution in [-0.2, 0) is 6.42 Å². The quantitative estimate of drug-likeness (QED) is 0.893. The summed E-state index contributed by atoms with van der Waals surface area (Å²) in [6, 6.07) is 5.16. The fourth-order valence-electron chi connectivity index (χ4n) is 2.18. The van der Waals surface area contributed by atoms with Crippen LogP contribution in [0.3, 0.4) is 0 Å². The van der Waals surface area contributed by atoms with Gasteiger partial charge in [-0.3, -0.25) is 0 Å². The standard InChI is InChI=1S/C15H17NO4/c1-4-9-5-6-10(8(2)3)13(14(9)17)11-7-12(15(18)19)20-16-11/h5-8,17H,4H2,1-3H3,(H,18,19). The molecule has 0 aliphatic rings. The lowest BCUT2D eigenvalue weighted by Crippen LogP contribution is -1.96. The molecule has 0 aliphatic carbocycles. The molecule has 0 saturated carbocycles. The summed E-state index contributed by atoms with van der Waals surface area (Å²) in [4.78, 5) is 10.9. The van der Waals surface area contributed by atoms with Crippen molar-refractivity contribution in [1.82, 2.24) is 5.16 Å². The van der Waals surface area contributed by atoms with Gasteiger partial charge in [0, 0.05) is 11.6 Å². The lowest BCUT2D eigenvalue weighted by Gasteiger charge is -2.15. The molecule has 0 unspecified atom stereocenters. The van der Waals surface area contributed by atoms with Gasteiger partial charge in [0.1, 0.15) is 11.4 Å². The first-order valence-corrected chi connectivity index (χ1v) is 6.50. The molecule has 0 bridgehead atoms. The Morgan fingerprint density at radius 1 is 1.40 bits per heavy atom. The topological polar surface area (TPSA) is 83.6 Å². The van der Waals surface area contributed by atoms with Gasteiger partial charge in [0.25, 0.3) is 0 Å². The SMILES string of the molecule is CCc1ccc(C(C)C)c(-c2cc(C(=O)O)on2)c1O. The van der Waals surface area contributed by atoms with Gasteiger partial charge in [0.05, 0.1) is 0 Å². The van der Waals surface area contributed by atoms with Crippen LogP contribution in [0.5, 0.6) is 5.75 Å². The number of carboxylic acid groups (broad SMARTS) is 1. The second-order valence-corrected chi connectivity index (χ2v) is 4.93. The molecule has 0 radical (unpaired) electrons. The monoisotopic (exact) mass is 275 g/mol. The summed E-state index contributed by atoms with van der Waals surface area (Å²) in [7, 11) is 0. The molecule has 0 fully saturated rings. The van der Waals surface area contributed by atoms with Crippen LogP contribution in [0.4, 0.5) is 0 Å². The van der Waals surface area contributed by atoms with Crippen LogP contribution in [0.15, 0.2) is 22.7 Å². The van der Waals surface area contributed by atoms with Gasteiger partial charge in [-0.15, -0.1) is 0 Å². The molecule has 0 spiro atoms. The van der Waals surface area contributed by atoms with Crippen molar-refractivity contribution in [3.8, 4) is 17.0 Å². The summed E-state index contributed by atoms with van der Waals surface area (Å²) in [5, 5.41) is 23.1. The highest BCUT2D eigenvalue weighted by molar-refractivity contribution is 5.86. The van der Waals surface area contributed by atoms with Crippen molar-refractivity contribution in [3.63, 3.8) is 0 Å². The van der Waals surface area contributed by atoms with Crippen LogP contribution in [0.25, 0.3) is 11.3 Å². The van der Waals surface area contributed by atoms with Crippen LogP contribution in [-0.4, -0.2) is 21.3 Å². The fraction of sp³-hybridized carbons (Fsp3) is 0.333. The Morgan fingerprint density at radius 2 is 2.10 bits per heavy atom. The first kappa shape index (κ1) is 14.1. The van der Waals surface area contributed by atoms with Crippen molar-refractivity contribution in [2.24, 2.45) is 0 Å². The van der Waals surface area contributed by atoms with Crippen LogP contribution in [0, 0.1) is 0 Å². The number of aryl methyl sites for hydroxylation is 1. The number of aromatic nitrogens is 1. The maximum atomic E-state index is 10.9. The van der Waals surface area contributed by atoms with Gasteiger partial charge in [-0.05, 0) is 23.5 Å². The number of aromatic hydroxyl groups is 1. The highest BCUT2D eigenvalue weighted by Crippen LogP contribution is 2.38. The Morgan fingerprint density at radius 3 is 2.60 bits per heavy atom. The molecule has 5 nitrogen and oxygen atoms in total. The molecule has 0 amide bonds. The lowest BCUT2D eigenvalue weighted by atomic mass is 9.91. The Labute approximate surface area is 116 Å². The zero-order valence-corrected chi connectivity index (χ0v) is 11.7. The highest BCUT2D eigenvalue weighted by atomic mass is 16.5. The summed E-state index contributed by atoms with van der Waals surface area (Å²) in [5.41, 5.74) is 2.60. The van der Waals surface area contributed by atoms with Crippen LogP contribution in [0.1, 0.15) is 48.4 Å². The Bertz CT molecular complexity index is 643. The maximum absolute atomic E-state index is 10.9. The van der Waals surface area contributed by atoms with Crippen molar-refractivity contribution in [2.75, 3.05) is 0 Å². The van der Waals surface area contributed by atoms with Crippen LogP contribution in [0.2, 0.25) is 0 Å². The van der Waals surface area contributed by atoms with E-state index < -0.39 is 5.97 Å². The minimum Gasteiger partial charge on any atom is -0.507 e. The predicted molar refractivity (Wildman–Crippen MR) is 74.0 cm³/mol. The average Bonchev–Trinajstić information content (AvgIpc) is 2.87. The summed E-state index contributed by atoms with van der Waals surface area (Å²) in [6.07, 6.45) is 0.681. The smallest absolute Gasteiger partial charge is 0.374 e. The minimum absolute atomic E-state index is 0.143. The summed E-state index contributed by atoms with van der Waals surface area (Å²) in [5.74, 6) is -1.10. The van der Waals surface area contributed by atoms with Crippen molar-refractivity contribution in [1.29, 1.82) is 0 Å². The number of carbonyl (C=O) groups is 1. The van der Waals surface area contributed by atoms with Gasteiger partial charge in [0.15, 0.2) is 0 Å². The van der Waals surface area contributed by atoms with Gasteiger partial charge in [0.2, 0.25) is 5.76 Å². The van der Waals surface area contributed by atoms with E-state index in [0.29, 0.717) is 17.7 Å². The van der Waals surface area contributed by atoms with E-state index in [4.69, 9.17) is 9.63 Å². The molecule has 0 atom stereocenters. The Balaban J connectivity index is 2.65. The van der Waals surface area contributed by atoms with Crippen molar-refractivity contribution in [2.45, 2.75) is 33.1 Å². The van der Waals surface area contributed by atoms with Crippen molar-refractivity contribution < 1.29 is 19.5 Å². The zero-order valence-electron chi connectivity index (χ0n) is 11.7. The predicted octanol–water partition coefficient (Wildman–Crippen LogP) is 3.43. The number of carboxylic acids is 1. The second kappa shape index (κ2) is 5.36. The number of hydrogen-bond acceptors (Lipinski definition) is 4. The average molecular weight is 275 g/mol. The molecule has 2 aromatic rings. The maximum Gasteiger partial charge on any atom is 0.374 e. The van der Waals surface area contributed by atoms with Crippen LogP contribution >= 0.6 is 0 Å². The number of phenols is 1. The highest BCUT2D eigenvalue weighted by Gasteiger charge is 2.21. The number of hydrogen-bond donors (Lipinski definition) is 2. The molecule has 2 N–H and O–H groups in total. The first-order valence-electron chi connectivity index (χ1n) is 6.50. The molecule has 1 aromatic heterocycles. The summed E-state index contributed by atoms with van der Waals surface area (Å²) in [6.45, 7) is 5.95. The second-order valence-electron chi connectivity index (χ2n) is 4.93. The van der Waals surface area contributed by atoms with Gasteiger partial charge in [-0.25, -0.2) is 4.79 Å². The number of nitrogens with zero attached hydrogens (tertiary/aromatic N) is 1. The number of aromatic carboxylic acids is 1. The normalized spacial score (nSPS) is 11.0. The van der Waals surface area contributed by atoms with Crippen molar-refractivity contribution in [3.05, 3.63) is 35.1 Å². The molecule has 1 aromatic carbocycles. The minimum atomic E-state index is -1.18. The summed E-state index contributed by atoms with van der Waals surface area (Å²) >= 11 is 0. The van der Waals surface area contributed by atoms with E-state index in [1.165, 1.54) is 6.07 Å². The number of benzene rings is 1. The molecule has 1 heterocycles. The zero-order chi connectivity index (χ0) is 14.9. The molecule has 5 heteroatoms. The third-order valence-electron chi connectivity index (χ3n) is 3.27. The van der Waals surface area contributed by atoms with E-state index in [2.05, 4.69) is 5.16 Å². The third-order valence-corrected chi connectivity index (χ3v) is 3.27. The van der Waals surface area contributed by atoms with Crippen molar-refractivity contribution >= 4 is 5.97 Å². The Hall–Kier alpha value is -2.30. The first-order chi connectivity index (χ1) is 9.45. The molecule has 2 rings (SSSR count). The number of phenolic OH excluding ortho intramolecular Hbond substituents is 1. The van der Waals surface area contributed by atoms with Crippen LogP contribution < -0.4 is 0 Å². The van der Waals surface area contributed by atoms with Gasteiger partial charge in [-0.2, -0.15) is 0 Å². The van der Waals surface area contributed by atoms with Gasteiger partial charge in [-0.1, -0.05) is 38.1 Å². The number of rotatable bonds is 4. The molecule has 0 saturated heterocycles. The third kappa shape index (κ3) is 2.39. The van der Waals surface area contributed by atoms with E-state index in [9.17, 15) is 9.90 Å². The lowest BCUT2D eigenvalue weighted by molar-refractivity contribution is 0.0652. The van der Waals surface area contributed by atoms with Gasteiger partial charge >= 0.3 is 5.97 Å². The molecule has 106 valence electrons. The molecular weight excluding hydrogens is 258 g/mol. The van der Waals surface area contributed by atoms with E-state index in [1.54, 1.807) is 0 Å². The Kier molecular flexibility index (Phi) is 3.79. The fourth-order valence-corrected chi connectivity index (χ4v) is 2.18. The largest absolute Gasteiger partial charge is 0.507 e. The summed E-state index contributed by atoms with van der Waals surface area (Å²) < 4.78 is 4.78. The van der Waals surface area contributed by atoms with Gasteiger partial charge < -0.3 is 14.7 Å². The van der Waals surface area contributed by atoms with E-state index in [-0.39, 0.29) is 17.4 Å². The molecular formula is C15H17NO4. The van der Waals surface area contributed by atoms with E-state index in [1.807, 2.05) is 32.9 Å². The molecule has 20 heavy (non-hydrogen) atoms. The molecule has 0 aliphatic heterocycles. The van der Waals surface area contributed by atoms with E-state index in [0.717, 1.165) is 11.1 Å². The van der Waals surface area contributed by atoms with E-state index >= 15 is 0 Å².